The fraction of sp³-hybridized carbons (Fsp3) is 0.500. The van der Waals surface area contributed by atoms with E-state index in [0.717, 1.165) is 24.5 Å². The molecule has 1 fully saturated rings. The first kappa shape index (κ1) is 11.6. The normalized spacial score (nSPS) is 15.5. The van der Waals surface area contributed by atoms with Gasteiger partial charge in [-0.05, 0) is 43.4 Å². The molecule has 1 aliphatic heterocycles. The molecule has 86 valence electrons. The van der Waals surface area contributed by atoms with Crippen molar-refractivity contribution in [1.29, 1.82) is 0 Å². The smallest absolute Gasteiger partial charge is 0.0823 e. The average Bonchev–Trinajstić information content (AvgIpc) is 2.76. The van der Waals surface area contributed by atoms with Crippen LogP contribution in [0.15, 0.2) is 18.2 Å². The van der Waals surface area contributed by atoms with Crippen LogP contribution in [0.4, 0.5) is 0 Å². The van der Waals surface area contributed by atoms with Crippen LogP contribution >= 0.6 is 12.2 Å². The van der Waals surface area contributed by atoms with Gasteiger partial charge in [-0.25, -0.2) is 0 Å². The molecule has 16 heavy (non-hydrogen) atoms. The molecular weight excluding hydrogens is 214 g/mol. The second kappa shape index (κ2) is 4.96. The maximum absolute atomic E-state index is 5.54. The Morgan fingerprint density at radius 3 is 2.31 bits per heavy atom. The van der Waals surface area contributed by atoms with Crippen LogP contribution in [0.5, 0.6) is 0 Å². The lowest BCUT2D eigenvalue weighted by Crippen LogP contribution is -2.27. The summed E-state index contributed by atoms with van der Waals surface area (Å²) >= 11 is 5.54. The van der Waals surface area contributed by atoms with Crippen LogP contribution in [0.1, 0.15) is 29.5 Å². The Morgan fingerprint density at radius 2 is 1.75 bits per heavy atom. The molecule has 0 amide bonds. The van der Waals surface area contributed by atoms with Crippen molar-refractivity contribution in [2.75, 3.05) is 13.1 Å². The van der Waals surface area contributed by atoms with Crippen molar-refractivity contribution in [1.82, 2.24) is 4.90 Å². The van der Waals surface area contributed by atoms with E-state index in [-0.39, 0.29) is 0 Å². The van der Waals surface area contributed by atoms with E-state index in [1.54, 1.807) is 0 Å². The molecule has 0 atom stereocenters. The number of nitrogens with zero attached hydrogens (tertiary/aromatic N) is 1. The van der Waals surface area contributed by atoms with Crippen molar-refractivity contribution >= 4 is 17.2 Å². The fourth-order valence-electron chi connectivity index (χ4n) is 2.36. The zero-order valence-electron chi connectivity index (χ0n) is 10.1. The van der Waals surface area contributed by atoms with E-state index in [1.807, 2.05) is 0 Å². The molecule has 2 rings (SSSR count). The van der Waals surface area contributed by atoms with E-state index in [4.69, 9.17) is 12.2 Å². The van der Waals surface area contributed by atoms with Crippen LogP contribution < -0.4 is 0 Å². The largest absolute Gasteiger partial charge is 0.366 e. The van der Waals surface area contributed by atoms with Crippen LogP contribution in [-0.2, 0) is 6.42 Å². The molecule has 1 aromatic carbocycles. The lowest BCUT2D eigenvalue weighted by Gasteiger charge is -2.20. The first-order valence-electron chi connectivity index (χ1n) is 6.01. The van der Waals surface area contributed by atoms with Crippen molar-refractivity contribution in [2.45, 2.75) is 33.1 Å². The molecule has 1 nitrogen and oxygen atoms in total. The van der Waals surface area contributed by atoms with Crippen molar-refractivity contribution in [3.8, 4) is 0 Å². The van der Waals surface area contributed by atoms with E-state index in [1.165, 1.54) is 29.5 Å². The lowest BCUT2D eigenvalue weighted by molar-refractivity contribution is 0.521. The topological polar surface area (TPSA) is 3.24 Å². The van der Waals surface area contributed by atoms with Crippen molar-refractivity contribution in [3.05, 3.63) is 34.9 Å². The Hall–Kier alpha value is -0.890. The summed E-state index contributed by atoms with van der Waals surface area (Å²) in [7, 11) is 0. The Morgan fingerprint density at radius 1 is 1.19 bits per heavy atom. The maximum Gasteiger partial charge on any atom is 0.0823 e. The standard InChI is InChI=1S/C14H19NS/c1-11-6-5-7-12(2)13(11)10-14(16)15-8-3-4-9-15/h5-7H,3-4,8-10H2,1-2H3. The van der Waals surface area contributed by atoms with Gasteiger partial charge < -0.3 is 4.90 Å². The molecule has 1 aliphatic rings. The predicted molar refractivity (Wildman–Crippen MR) is 73.0 cm³/mol. The molecular formula is C14H19NS. The number of hydrogen-bond acceptors (Lipinski definition) is 1. The molecule has 0 bridgehead atoms. The number of rotatable bonds is 2. The number of likely N-dealkylation sites (tertiary alicyclic amines) is 1. The highest BCUT2D eigenvalue weighted by molar-refractivity contribution is 7.80. The highest BCUT2D eigenvalue weighted by atomic mass is 32.1. The highest BCUT2D eigenvalue weighted by Crippen LogP contribution is 2.17. The number of thiocarbonyl (C=S) groups is 1. The van der Waals surface area contributed by atoms with Gasteiger partial charge in [0.1, 0.15) is 0 Å². The molecule has 2 heteroatoms. The van der Waals surface area contributed by atoms with Crippen LogP contribution in [0.3, 0.4) is 0 Å². The second-order valence-corrected chi connectivity index (χ2v) is 5.11. The Labute approximate surface area is 103 Å². The summed E-state index contributed by atoms with van der Waals surface area (Å²) in [5.74, 6) is 0. The zero-order valence-corrected chi connectivity index (χ0v) is 10.9. The quantitative estimate of drug-likeness (QED) is 0.721. The van der Waals surface area contributed by atoms with Crippen LogP contribution in [0.2, 0.25) is 0 Å². The molecule has 1 saturated heterocycles. The van der Waals surface area contributed by atoms with Gasteiger partial charge in [0.05, 0.1) is 4.99 Å². The van der Waals surface area contributed by atoms with Gasteiger partial charge in [0.25, 0.3) is 0 Å². The zero-order chi connectivity index (χ0) is 11.5. The lowest BCUT2D eigenvalue weighted by atomic mass is 10.00. The maximum atomic E-state index is 5.54. The van der Waals surface area contributed by atoms with E-state index in [0.29, 0.717) is 0 Å². The van der Waals surface area contributed by atoms with E-state index in [9.17, 15) is 0 Å². The molecule has 0 radical (unpaired) electrons. The third-order valence-corrected chi connectivity index (χ3v) is 3.83. The Kier molecular flexibility index (Phi) is 3.59. The molecule has 0 aliphatic carbocycles. The van der Waals surface area contributed by atoms with Gasteiger partial charge in [-0.1, -0.05) is 30.4 Å². The van der Waals surface area contributed by atoms with Gasteiger partial charge in [0.15, 0.2) is 0 Å². The SMILES string of the molecule is Cc1cccc(C)c1CC(=S)N1CCCC1. The van der Waals surface area contributed by atoms with Crippen LogP contribution in [0.25, 0.3) is 0 Å². The van der Waals surface area contributed by atoms with E-state index >= 15 is 0 Å². The average molecular weight is 233 g/mol. The monoisotopic (exact) mass is 233 g/mol. The summed E-state index contributed by atoms with van der Waals surface area (Å²) in [6.45, 7) is 6.66. The van der Waals surface area contributed by atoms with Gasteiger partial charge in [0, 0.05) is 19.5 Å². The summed E-state index contributed by atoms with van der Waals surface area (Å²) in [6.07, 6.45) is 3.54. The van der Waals surface area contributed by atoms with E-state index < -0.39 is 0 Å². The summed E-state index contributed by atoms with van der Waals surface area (Å²) < 4.78 is 0. The minimum absolute atomic E-state index is 0.938. The first-order chi connectivity index (χ1) is 7.68. The number of hydrogen-bond donors (Lipinski definition) is 0. The van der Waals surface area contributed by atoms with E-state index in [2.05, 4.69) is 36.9 Å². The van der Waals surface area contributed by atoms with Crippen molar-refractivity contribution in [3.63, 3.8) is 0 Å². The Balaban J connectivity index is 2.11. The van der Waals surface area contributed by atoms with Gasteiger partial charge in [-0.2, -0.15) is 0 Å². The first-order valence-corrected chi connectivity index (χ1v) is 6.42. The summed E-state index contributed by atoms with van der Waals surface area (Å²) in [5.41, 5.74) is 4.14. The molecule has 0 unspecified atom stereocenters. The molecule has 0 N–H and O–H groups in total. The number of benzene rings is 1. The third kappa shape index (κ3) is 2.43. The summed E-state index contributed by atoms with van der Waals surface area (Å²) in [4.78, 5) is 3.48. The predicted octanol–water partition coefficient (Wildman–Crippen LogP) is 3.27. The fourth-order valence-corrected chi connectivity index (χ4v) is 2.68. The summed E-state index contributed by atoms with van der Waals surface area (Å²) in [6, 6.07) is 6.47. The van der Waals surface area contributed by atoms with Crippen molar-refractivity contribution < 1.29 is 0 Å². The summed E-state index contributed by atoms with van der Waals surface area (Å²) in [5, 5.41) is 0. The van der Waals surface area contributed by atoms with Gasteiger partial charge in [-0.15, -0.1) is 0 Å². The molecule has 0 saturated carbocycles. The minimum Gasteiger partial charge on any atom is -0.366 e. The van der Waals surface area contributed by atoms with Gasteiger partial charge in [-0.3, -0.25) is 0 Å². The minimum atomic E-state index is 0.938. The number of aryl methyl sites for hydroxylation is 2. The third-order valence-electron chi connectivity index (χ3n) is 3.43. The molecule has 0 aromatic heterocycles. The van der Waals surface area contributed by atoms with Gasteiger partial charge >= 0.3 is 0 Å². The molecule has 1 aromatic rings. The molecule has 0 spiro atoms. The highest BCUT2D eigenvalue weighted by Gasteiger charge is 2.16. The van der Waals surface area contributed by atoms with Gasteiger partial charge in [0.2, 0.25) is 0 Å². The van der Waals surface area contributed by atoms with Crippen LogP contribution in [-0.4, -0.2) is 23.0 Å². The molecule has 1 heterocycles. The van der Waals surface area contributed by atoms with Crippen LogP contribution in [0, 0.1) is 13.8 Å². The van der Waals surface area contributed by atoms with Crippen molar-refractivity contribution in [2.24, 2.45) is 0 Å². The second-order valence-electron chi connectivity index (χ2n) is 4.64. The Bertz CT molecular complexity index is 371.